The summed E-state index contributed by atoms with van der Waals surface area (Å²) < 4.78 is 5.46. The Balaban J connectivity index is 1.78. The fourth-order valence-electron chi connectivity index (χ4n) is 1.97. The van der Waals surface area contributed by atoms with Gasteiger partial charge in [-0.25, -0.2) is 4.98 Å². The molecule has 1 heterocycles. The SMILES string of the molecule is CCOc1ccc(Cl)cc1NC(=O)c1n[nH]c(C2CC2)n1. The van der Waals surface area contributed by atoms with Crippen LogP contribution in [0.1, 0.15) is 42.1 Å². The predicted octanol–water partition coefficient (Wildman–Crippen LogP) is 2.99. The van der Waals surface area contributed by atoms with Gasteiger partial charge in [0.15, 0.2) is 0 Å². The standard InChI is InChI=1S/C14H15ClN4O2/c1-2-21-11-6-5-9(15)7-10(11)16-14(20)13-17-12(18-19-13)8-3-4-8/h5-8H,2-4H2,1H3,(H,16,20)(H,17,18,19). The van der Waals surface area contributed by atoms with Gasteiger partial charge in [-0.3, -0.25) is 9.89 Å². The van der Waals surface area contributed by atoms with E-state index < -0.39 is 0 Å². The Morgan fingerprint density at radius 2 is 2.33 bits per heavy atom. The lowest BCUT2D eigenvalue weighted by Gasteiger charge is -2.10. The first-order valence-corrected chi connectivity index (χ1v) is 7.21. The van der Waals surface area contributed by atoms with Crippen molar-refractivity contribution in [1.82, 2.24) is 15.2 Å². The zero-order valence-corrected chi connectivity index (χ0v) is 12.3. The molecule has 0 unspecified atom stereocenters. The van der Waals surface area contributed by atoms with Crippen molar-refractivity contribution < 1.29 is 9.53 Å². The van der Waals surface area contributed by atoms with Crippen molar-refractivity contribution in [1.29, 1.82) is 0 Å². The van der Waals surface area contributed by atoms with Gasteiger partial charge >= 0.3 is 0 Å². The second-order valence-electron chi connectivity index (χ2n) is 4.85. The quantitative estimate of drug-likeness (QED) is 0.890. The molecule has 1 amide bonds. The molecule has 3 rings (SSSR count). The molecule has 2 aromatic rings. The van der Waals surface area contributed by atoms with Gasteiger partial charge in [-0.05, 0) is 38.0 Å². The number of carbonyl (C=O) groups is 1. The number of hydrogen-bond donors (Lipinski definition) is 2. The van der Waals surface area contributed by atoms with Crippen LogP contribution in [0.15, 0.2) is 18.2 Å². The van der Waals surface area contributed by atoms with Crippen molar-refractivity contribution in [3.05, 3.63) is 34.9 Å². The first-order valence-electron chi connectivity index (χ1n) is 6.83. The molecule has 6 nitrogen and oxygen atoms in total. The van der Waals surface area contributed by atoms with Crippen LogP contribution in [0.5, 0.6) is 5.75 Å². The van der Waals surface area contributed by atoms with Crippen molar-refractivity contribution >= 4 is 23.2 Å². The van der Waals surface area contributed by atoms with Gasteiger partial charge in [0.25, 0.3) is 5.91 Å². The van der Waals surface area contributed by atoms with Gasteiger partial charge in [0.2, 0.25) is 5.82 Å². The molecule has 0 radical (unpaired) electrons. The highest BCUT2D eigenvalue weighted by atomic mass is 35.5. The number of H-pyrrole nitrogens is 1. The van der Waals surface area contributed by atoms with Crippen molar-refractivity contribution in [3.63, 3.8) is 0 Å². The Hall–Kier alpha value is -2.08. The molecular weight excluding hydrogens is 292 g/mol. The number of hydrogen-bond acceptors (Lipinski definition) is 4. The summed E-state index contributed by atoms with van der Waals surface area (Å²) in [5, 5.41) is 10.0. The van der Waals surface area contributed by atoms with E-state index in [9.17, 15) is 4.79 Å². The highest BCUT2D eigenvalue weighted by molar-refractivity contribution is 6.31. The minimum atomic E-state index is -0.388. The van der Waals surface area contributed by atoms with E-state index in [-0.39, 0.29) is 11.7 Å². The van der Waals surface area contributed by atoms with Crippen molar-refractivity contribution in [2.75, 3.05) is 11.9 Å². The van der Waals surface area contributed by atoms with E-state index in [2.05, 4.69) is 20.5 Å². The van der Waals surface area contributed by atoms with Gasteiger partial charge in [-0.15, -0.1) is 5.10 Å². The second-order valence-corrected chi connectivity index (χ2v) is 5.28. The Morgan fingerprint density at radius 1 is 1.52 bits per heavy atom. The van der Waals surface area contributed by atoms with Crippen LogP contribution in [-0.4, -0.2) is 27.7 Å². The first-order chi connectivity index (χ1) is 10.2. The van der Waals surface area contributed by atoms with Crippen LogP contribution in [0.25, 0.3) is 0 Å². The smallest absolute Gasteiger partial charge is 0.295 e. The molecule has 1 aliphatic rings. The summed E-state index contributed by atoms with van der Waals surface area (Å²) in [5.41, 5.74) is 0.507. The summed E-state index contributed by atoms with van der Waals surface area (Å²) >= 11 is 5.96. The summed E-state index contributed by atoms with van der Waals surface area (Å²) in [6, 6.07) is 5.06. The van der Waals surface area contributed by atoms with E-state index in [1.165, 1.54) is 0 Å². The number of carbonyl (C=O) groups excluding carboxylic acids is 1. The van der Waals surface area contributed by atoms with Gasteiger partial charge < -0.3 is 10.1 Å². The fraction of sp³-hybridized carbons (Fsp3) is 0.357. The van der Waals surface area contributed by atoms with E-state index in [0.29, 0.717) is 29.0 Å². The number of benzene rings is 1. The first kappa shape index (κ1) is 13.9. The van der Waals surface area contributed by atoms with Crippen LogP contribution in [-0.2, 0) is 0 Å². The predicted molar refractivity (Wildman–Crippen MR) is 78.9 cm³/mol. The number of ether oxygens (including phenoxy) is 1. The Morgan fingerprint density at radius 3 is 3.05 bits per heavy atom. The fourth-order valence-corrected chi connectivity index (χ4v) is 2.15. The maximum atomic E-state index is 12.2. The molecular formula is C14H15ClN4O2. The molecule has 0 aliphatic heterocycles. The van der Waals surface area contributed by atoms with E-state index in [1.54, 1.807) is 18.2 Å². The number of nitrogens with one attached hydrogen (secondary N) is 2. The number of aromatic amines is 1. The second kappa shape index (κ2) is 5.73. The molecule has 0 spiro atoms. The zero-order valence-electron chi connectivity index (χ0n) is 11.5. The lowest BCUT2D eigenvalue weighted by Crippen LogP contribution is -2.14. The third-order valence-corrected chi connectivity index (χ3v) is 3.39. The monoisotopic (exact) mass is 306 g/mol. The van der Waals surface area contributed by atoms with E-state index in [4.69, 9.17) is 16.3 Å². The number of anilines is 1. The Bertz CT molecular complexity index is 667. The van der Waals surface area contributed by atoms with Crippen LogP contribution in [0.4, 0.5) is 5.69 Å². The minimum absolute atomic E-state index is 0.124. The lowest BCUT2D eigenvalue weighted by atomic mass is 10.3. The normalized spacial score (nSPS) is 14.0. The van der Waals surface area contributed by atoms with Gasteiger partial charge in [-0.1, -0.05) is 11.6 Å². The molecule has 0 saturated heterocycles. The molecule has 0 atom stereocenters. The summed E-state index contributed by atoms with van der Waals surface area (Å²) in [6.45, 7) is 2.37. The molecule has 21 heavy (non-hydrogen) atoms. The molecule has 7 heteroatoms. The van der Waals surface area contributed by atoms with Crippen LogP contribution in [0, 0.1) is 0 Å². The van der Waals surface area contributed by atoms with Gasteiger partial charge in [0, 0.05) is 10.9 Å². The summed E-state index contributed by atoms with van der Waals surface area (Å²) in [4.78, 5) is 16.4. The van der Waals surface area contributed by atoms with E-state index in [1.807, 2.05) is 6.92 Å². The lowest BCUT2D eigenvalue weighted by molar-refractivity contribution is 0.101. The summed E-state index contributed by atoms with van der Waals surface area (Å²) in [6.07, 6.45) is 2.19. The van der Waals surface area contributed by atoms with Crippen molar-refractivity contribution in [2.45, 2.75) is 25.7 Å². The van der Waals surface area contributed by atoms with Gasteiger partial charge in [0.05, 0.1) is 12.3 Å². The molecule has 1 fully saturated rings. The van der Waals surface area contributed by atoms with E-state index in [0.717, 1.165) is 18.7 Å². The van der Waals surface area contributed by atoms with Gasteiger partial charge in [-0.2, -0.15) is 0 Å². The summed E-state index contributed by atoms with van der Waals surface area (Å²) in [5.74, 6) is 1.49. The van der Waals surface area contributed by atoms with Crippen molar-refractivity contribution in [2.24, 2.45) is 0 Å². The van der Waals surface area contributed by atoms with Gasteiger partial charge in [0.1, 0.15) is 11.6 Å². The number of rotatable bonds is 5. The highest BCUT2D eigenvalue weighted by Gasteiger charge is 2.28. The highest BCUT2D eigenvalue weighted by Crippen LogP contribution is 2.37. The van der Waals surface area contributed by atoms with Crippen LogP contribution in [0.2, 0.25) is 5.02 Å². The van der Waals surface area contributed by atoms with Crippen LogP contribution < -0.4 is 10.1 Å². The molecule has 1 aromatic heterocycles. The maximum absolute atomic E-state index is 12.2. The molecule has 1 aromatic carbocycles. The number of nitrogens with zero attached hydrogens (tertiary/aromatic N) is 2. The maximum Gasteiger partial charge on any atom is 0.295 e. The number of halogens is 1. The van der Waals surface area contributed by atoms with Crippen LogP contribution >= 0.6 is 11.6 Å². The third kappa shape index (κ3) is 3.16. The van der Waals surface area contributed by atoms with Crippen molar-refractivity contribution in [3.8, 4) is 5.75 Å². The number of amides is 1. The minimum Gasteiger partial charge on any atom is -0.492 e. The third-order valence-electron chi connectivity index (χ3n) is 3.16. The Labute approximate surface area is 126 Å². The largest absolute Gasteiger partial charge is 0.492 e. The molecule has 110 valence electrons. The topological polar surface area (TPSA) is 79.9 Å². The molecule has 0 bridgehead atoms. The summed E-state index contributed by atoms with van der Waals surface area (Å²) in [7, 11) is 0. The van der Waals surface area contributed by atoms with Crippen LogP contribution in [0.3, 0.4) is 0 Å². The molecule has 2 N–H and O–H groups in total. The zero-order chi connectivity index (χ0) is 14.8. The average Bonchev–Trinajstić information content (AvgIpc) is 3.19. The van der Waals surface area contributed by atoms with E-state index >= 15 is 0 Å². The average molecular weight is 307 g/mol. The Kier molecular flexibility index (Phi) is 3.79. The molecule has 1 saturated carbocycles. The molecule has 1 aliphatic carbocycles. The number of aromatic nitrogens is 3.